The molecule has 1 aliphatic heterocycles. The van der Waals surface area contributed by atoms with Crippen molar-refractivity contribution in [1.82, 2.24) is 10.3 Å². The molecule has 0 aromatic carbocycles. The number of likely N-dealkylation sites (tertiary alicyclic amines) is 1. The van der Waals surface area contributed by atoms with E-state index < -0.39 is 5.41 Å². The minimum absolute atomic E-state index is 0.0857. The van der Waals surface area contributed by atoms with Crippen LogP contribution in [0.15, 0.2) is 0 Å². The highest BCUT2D eigenvalue weighted by atomic mass is 16.2. The predicted molar refractivity (Wildman–Crippen MR) is 65.6 cm³/mol. The van der Waals surface area contributed by atoms with Gasteiger partial charge >= 0.3 is 0 Å². The van der Waals surface area contributed by atoms with Gasteiger partial charge in [0.2, 0.25) is 5.91 Å². The van der Waals surface area contributed by atoms with Crippen LogP contribution in [0.5, 0.6) is 0 Å². The summed E-state index contributed by atoms with van der Waals surface area (Å²) >= 11 is 0. The average Bonchev–Trinajstić information content (AvgIpc) is 2.22. The van der Waals surface area contributed by atoms with Crippen molar-refractivity contribution >= 4 is 5.91 Å². The van der Waals surface area contributed by atoms with Crippen molar-refractivity contribution in [3.63, 3.8) is 0 Å². The minimum atomic E-state index is -0.422. The summed E-state index contributed by atoms with van der Waals surface area (Å²) in [6, 6.07) is 1.13. The summed E-state index contributed by atoms with van der Waals surface area (Å²) in [5.74, 6) is 5.13. The molecule has 0 aromatic heterocycles. The van der Waals surface area contributed by atoms with Gasteiger partial charge in [0.1, 0.15) is 0 Å². The second-order valence-electron chi connectivity index (χ2n) is 5.66. The van der Waals surface area contributed by atoms with E-state index in [1.54, 1.807) is 0 Å². The number of nitrogens with two attached hydrogens (primary N) is 1. The largest absolute Gasteiger partial charge is 0.297 e. The highest BCUT2D eigenvalue weighted by Crippen LogP contribution is 2.27. The van der Waals surface area contributed by atoms with Crippen molar-refractivity contribution in [2.75, 3.05) is 6.54 Å². The van der Waals surface area contributed by atoms with E-state index in [0.29, 0.717) is 12.1 Å². The molecule has 2 atom stereocenters. The monoisotopic (exact) mass is 227 g/mol. The Morgan fingerprint density at radius 3 is 2.31 bits per heavy atom. The Labute approximate surface area is 98.5 Å². The molecule has 0 aromatic rings. The molecule has 1 heterocycles. The zero-order chi connectivity index (χ0) is 12.3. The number of hydrogen-bond donors (Lipinski definition) is 2. The number of carbonyl (C=O) groups excluding carboxylic acids is 1. The molecule has 1 saturated heterocycles. The summed E-state index contributed by atoms with van der Waals surface area (Å²) < 4.78 is 0. The fourth-order valence-electron chi connectivity index (χ4n) is 2.51. The number of nitrogens with zero attached hydrogens (tertiary/aromatic N) is 1. The molecule has 16 heavy (non-hydrogen) atoms. The van der Waals surface area contributed by atoms with E-state index in [-0.39, 0.29) is 5.91 Å². The fraction of sp³-hybridized carbons (Fsp3) is 0.917. The summed E-state index contributed by atoms with van der Waals surface area (Å²) in [6.45, 7) is 9.16. The molecule has 0 unspecified atom stereocenters. The second kappa shape index (κ2) is 5.15. The molecule has 1 aliphatic rings. The van der Waals surface area contributed by atoms with Gasteiger partial charge in [0, 0.05) is 18.6 Å². The number of hydrazine groups is 1. The molecule has 3 N–H and O–H groups in total. The van der Waals surface area contributed by atoms with Gasteiger partial charge in [-0.1, -0.05) is 6.42 Å². The van der Waals surface area contributed by atoms with Gasteiger partial charge in [-0.2, -0.15) is 0 Å². The summed E-state index contributed by atoms with van der Waals surface area (Å²) in [5, 5.41) is 0. The van der Waals surface area contributed by atoms with Gasteiger partial charge < -0.3 is 0 Å². The maximum Gasteiger partial charge on any atom is 0.240 e. The van der Waals surface area contributed by atoms with E-state index in [1.807, 2.05) is 13.8 Å². The van der Waals surface area contributed by atoms with Gasteiger partial charge in [0.05, 0.1) is 5.41 Å². The van der Waals surface area contributed by atoms with Crippen molar-refractivity contribution in [1.29, 1.82) is 0 Å². The number of rotatable bonds is 3. The SMILES string of the molecule is C[C@@H]1CCC[C@H](C)N1CC(C)(C)C(=O)NN. The lowest BCUT2D eigenvalue weighted by Gasteiger charge is -2.42. The maximum atomic E-state index is 11.7. The van der Waals surface area contributed by atoms with Crippen LogP contribution in [0.2, 0.25) is 0 Å². The summed E-state index contributed by atoms with van der Waals surface area (Å²) in [6.07, 6.45) is 3.75. The Morgan fingerprint density at radius 2 is 1.88 bits per heavy atom. The Morgan fingerprint density at radius 1 is 1.38 bits per heavy atom. The second-order valence-corrected chi connectivity index (χ2v) is 5.66. The standard InChI is InChI=1S/C12H25N3O/c1-9-6-5-7-10(2)15(9)8-12(3,4)11(16)14-13/h9-10H,5-8,13H2,1-4H3,(H,14,16)/t9-,10+. The third kappa shape index (κ3) is 2.95. The van der Waals surface area contributed by atoms with Crippen molar-refractivity contribution in [3.05, 3.63) is 0 Å². The molecule has 1 fully saturated rings. The van der Waals surface area contributed by atoms with E-state index in [4.69, 9.17) is 5.84 Å². The molecule has 4 heteroatoms. The van der Waals surface area contributed by atoms with Crippen LogP contribution in [0.25, 0.3) is 0 Å². The van der Waals surface area contributed by atoms with Gasteiger partial charge in [-0.05, 0) is 40.5 Å². The quantitative estimate of drug-likeness (QED) is 0.433. The van der Waals surface area contributed by atoms with E-state index in [1.165, 1.54) is 19.3 Å². The van der Waals surface area contributed by atoms with Crippen molar-refractivity contribution in [2.24, 2.45) is 11.3 Å². The van der Waals surface area contributed by atoms with Crippen molar-refractivity contribution in [2.45, 2.75) is 59.0 Å². The smallest absolute Gasteiger partial charge is 0.240 e. The Kier molecular flexibility index (Phi) is 4.33. The molecule has 0 radical (unpaired) electrons. The predicted octanol–water partition coefficient (Wildman–Crippen LogP) is 1.27. The number of carbonyl (C=O) groups is 1. The molecule has 0 aliphatic carbocycles. The first kappa shape index (κ1) is 13.5. The minimum Gasteiger partial charge on any atom is -0.297 e. The Hall–Kier alpha value is -0.610. The molecule has 1 amide bonds. The third-order valence-electron chi connectivity index (χ3n) is 3.70. The van der Waals surface area contributed by atoms with Crippen LogP contribution in [-0.2, 0) is 4.79 Å². The molecule has 0 saturated carbocycles. The molecule has 1 rings (SSSR count). The zero-order valence-corrected chi connectivity index (χ0v) is 10.9. The van der Waals surface area contributed by atoms with Gasteiger partial charge in [-0.15, -0.1) is 0 Å². The van der Waals surface area contributed by atoms with Crippen LogP contribution < -0.4 is 11.3 Å². The maximum absolute atomic E-state index is 11.7. The van der Waals surface area contributed by atoms with E-state index in [2.05, 4.69) is 24.2 Å². The van der Waals surface area contributed by atoms with Crippen LogP contribution in [-0.4, -0.2) is 29.4 Å². The number of amides is 1. The summed E-state index contributed by atoms with van der Waals surface area (Å²) in [5.41, 5.74) is 1.84. The number of nitrogens with one attached hydrogen (secondary N) is 1. The fourth-order valence-corrected chi connectivity index (χ4v) is 2.51. The third-order valence-corrected chi connectivity index (χ3v) is 3.70. The molecular weight excluding hydrogens is 202 g/mol. The molecule has 0 bridgehead atoms. The first-order valence-electron chi connectivity index (χ1n) is 6.15. The first-order chi connectivity index (χ1) is 7.38. The number of hydrogen-bond acceptors (Lipinski definition) is 3. The normalized spacial score (nSPS) is 27.8. The first-order valence-corrected chi connectivity index (χ1v) is 6.15. The number of piperidine rings is 1. The van der Waals surface area contributed by atoms with Gasteiger partial charge in [0.15, 0.2) is 0 Å². The average molecular weight is 227 g/mol. The Balaban J connectivity index is 2.67. The van der Waals surface area contributed by atoms with Crippen molar-refractivity contribution < 1.29 is 4.79 Å². The molecule has 94 valence electrons. The van der Waals surface area contributed by atoms with Gasteiger partial charge in [-0.25, -0.2) is 5.84 Å². The lowest BCUT2D eigenvalue weighted by atomic mass is 9.88. The lowest BCUT2D eigenvalue weighted by molar-refractivity contribution is -0.131. The van der Waals surface area contributed by atoms with Crippen LogP contribution >= 0.6 is 0 Å². The summed E-state index contributed by atoms with van der Waals surface area (Å²) in [7, 11) is 0. The lowest BCUT2D eigenvalue weighted by Crippen LogP contribution is -2.53. The van der Waals surface area contributed by atoms with E-state index in [9.17, 15) is 4.79 Å². The van der Waals surface area contributed by atoms with E-state index >= 15 is 0 Å². The van der Waals surface area contributed by atoms with Crippen LogP contribution in [0.1, 0.15) is 47.0 Å². The zero-order valence-electron chi connectivity index (χ0n) is 10.9. The van der Waals surface area contributed by atoms with E-state index in [0.717, 1.165) is 6.54 Å². The molecule has 0 spiro atoms. The molecular formula is C12H25N3O. The van der Waals surface area contributed by atoms with Crippen molar-refractivity contribution in [3.8, 4) is 0 Å². The highest BCUT2D eigenvalue weighted by Gasteiger charge is 2.34. The van der Waals surface area contributed by atoms with Gasteiger partial charge in [-0.3, -0.25) is 15.1 Å². The topological polar surface area (TPSA) is 58.4 Å². The summed E-state index contributed by atoms with van der Waals surface area (Å²) in [4.78, 5) is 14.1. The van der Waals surface area contributed by atoms with Gasteiger partial charge in [0.25, 0.3) is 0 Å². The molecule has 4 nitrogen and oxygen atoms in total. The highest BCUT2D eigenvalue weighted by molar-refractivity contribution is 5.81. The van der Waals surface area contributed by atoms with Crippen LogP contribution in [0.4, 0.5) is 0 Å². The Bertz CT molecular complexity index is 243. The van der Waals surface area contributed by atoms with Crippen LogP contribution in [0.3, 0.4) is 0 Å². The van der Waals surface area contributed by atoms with Crippen LogP contribution in [0, 0.1) is 5.41 Å².